The van der Waals surface area contributed by atoms with Gasteiger partial charge in [0.05, 0.1) is 6.10 Å². The first-order valence-electron chi connectivity index (χ1n) is 10.3. The van der Waals surface area contributed by atoms with Crippen molar-refractivity contribution in [2.45, 2.75) is 24.5 Å². The molecule has 2 atom stereocenters. The van der Waals surface area contributed by atoms with Crippen LogP contribution in [0.2, 0.25) is 0 Å². The second kappa shape index (κ2) is 7.69. The summed E-state index contributed by atoms with van der Waals surface area (Å²) < 4.78 is 6.97. The number of hydrogen-bond acceptors (Lipinski definition) is 1. The molecule has 1 aliphatic rings. The van der Waals surface area contributed by atoms with Crippen molar-refractivity contribution in [3.8, 4) is 11.1 Å². The molecule has 0 spiro atoms. The highest BCUT2D eigenvalue weighted by molar-refractivity contribution is 5.69. The van der Waals surface area contributed by atoms with Gasteiger partial charge in [0, 0.05) is 0 Å². The van der Waals surface area contributed by atoms with E-state index in [1.54, 1.807) is 0 Å². The third kappa shape index (κ3) is 3.28. The first-order chi connectivity index (χ1) is 14.4. The van der Waals surface area contributed by atoms with Gasteiger partial charge in [-0.05, 0) is 40.7 Å². The summed E-state index contributed by atoms with van der Waals surface area (Å²) >= 11 is 0. The molecule has 5 rings (SSSR count). The molecule has 0 bridgehead atoms. The van der Waals surface area contributed by atoms with Gasteiger partial charge in [-0.25, -0.2) is 0 Å². The minimum atomic E-state index is -0.450. The SMILES string of the molecule is c1ccc(-c2ccccc2C2(c3ccccc3)CCC(c3ccccc3)O2)cc1. The van der Waals surface area contributed by atoms with Crippen LogP contribution in [0.15, 0.2) is 115 Å². The number of ether oxygens (including phenoxy) is 1. The van der Waals surface area contributed by atoms with Crippen LogP contribution in [0.1, 0.15) is 35.6 Å². The molecule has 1 heterocycles. The Labute approximate surface area is 172 Å². The summed E-state index contributed by atoms with van der Waals surface area (Å²) in [6.45, 7) is 0. The summed E-state index contributed by atoms with van der Waals surface area (Å²) in [4.78, 5) is 0. The lowest BCUT2D eigenvalue weighted by Crippen LogP contribution is -2.27. The van der Waals surface area contributed by atoms with Crippen LogP contribution in [-0.2, 0) is 10.3 Å². The zero-order valence-corrected chi connectivity index (χ0v) is 16.4. The standard InChI is InChI=1S/C28H24O/c1-4-12-22(13-5-1)25-18-10-11-19-26(25)28(24-16-8-3-9-17-24)21-20-27(29-28)23-14-6-2-7-15-23/h1-19,27H,20-21H2. The fraction of sp³-hybridized carbons (Fsp3) is 0.143. The molecule has 142 valence electrons. The molecule has 4 aromatic rings. The topological polar surface area (TPSA) is 9.23 Å². The summed E-state index contributed by atoms with van der Waals surface area (Å²) in [5.41, 5.74) is 5.74. The van der Waals surface area contributed by atoms with Crippen molar-refractivity contribution in [3.05, 3.63) is 132 Å². The van der Waals surface area contributed by atoms with Gasteiger partial charge in [-0.3, -0.25) is 0 Å². The van der Waals surface area contributed by atoms with Crippen LogP contribution in [-0.4, -0.2) is 0 Å². The molecule has 0 radical (unpaired) electrons. The van der Waals surface area contributed by atoms with Gasteiger partial charge >= 0.3 is 0 Å². The fourth-order valence-electron chi connectivity index (χ4n) is 4.58. The molecular weight excluding hydrogens is 352 g/mol. The summed E-state index contributed by atoms with van der Waals surface area (Å²) in [6.07, 6.45) is 2.06. The van der Waals surface area contributed by atoms with Crippen LogP contribution in [0.3, 0.4) is 0 Å². The lowest BCUT2D eigenvalue weighted by atomic mass is 9.80. The first kappa shape index (κ1) is 17.9. The predicted octanol–water partition coefficient (Wildman–Crippen LogP) is 7.15. The van der Waals surface area contributed by atoms with Crippen LogP contribution >= 0.6 is 0 Å². The highest BCUT2D eigenvalue weighted by Crippen LogP contribution is 2.51. The van der Waals surface area contributed by atoms with Gasteiger partial charge in [-0.2, -0.15) is 0 Å². The Hall–Kier alpha value is -3.16. The van der Waals surface area contributed by atoms with Crippen molar-refractivity contribution in [2.24, 2.45) is 0 Å². The Morgan fingerprint density at radius 2 is 1.21 bits per heavy atom. The van der Waals surface area contributed by atoms with Crippen molar-refractivity contribution in [1.29, 1.82) is 0 Å². The largest absolute Gasteiger partial charge is 0.358 e. The maximum absolute atomic E-state index is 6.97. The quantitative estimate of drug-likeness (QED) is 0.367. The zero-order chi connectivity index (χ0) is 19.5. The lowest BCUT2D eigenvalue weighted by Gasteiger charge is -2.33. The van der Waals surface area contributed by atoms with Crippen LogP contribution < -0.4 is 0 Å². The van der Waals surface area contributed by atoms with Crippen molar-refractivity contribution < 1.29 is 4.74 Å². The Balaban J connectivity index is 1.66. The second-order valence-corrected chi connectivity index (χ2v) is 7.66. The van der Waals surface area contributed by atoms with Gasteiger partial charge in [0.2, 0.25) is 0 Å². The smallest absolute Gasteiger partial charge is 0.120 e. The number of hydrogen-bond donors (Lipinski definition) is 0. The lowest BCUT2D eigenvalue weighted by molar-refractivity contribution is -0.0174. The minimum absolute atomic E-state index is 0.0974. The summed E-state index contributed by atoms with van der Waals surface area (Å²) in [7, 11) is 0. The molecule has 0 N–H and O–H groups in total. The van der Waals surface area contributed by atoms with Gasteiger partial charge in [0.15, 0.2) is 0 Å². The molecule has 1 saturated heterocycles. The molecule has 1 fully saturated rings. The summed E-state index contributed by atoms with van der Waals surface area (Å²) in [5.74, 6) is 0. The van der Waals surface area contributed by atoms with Gasteiger partial charge in [-0.1, -0.05) is 115 Å². The molecular formula is C28H24O. The number of benzene rings is 4. The highest BCUT2D eigenvalue weighted by atomic mass is 16.5. The van der Waals surface area contributed by atoms with E-state index in [0.717, 1.165) is 12.8 Å². The average molecular weight is 376 g/mol. The van der Waals surface area contributed by atoms with Gasteiger partial charge in [0.25, 0.3) is 0 Å². The Bertz CT molecular complexity index is 1070. The molecule has 0 amide bonds. The zero-order valence-electron chi connectivity index (χ0n) is 16.4. The minimum Gasteiger partial charge on any atom is -0.358 e. The molecule has 0 saturated carbocycles. The first-order valence-corrected chi connectivity index (χ1v) is 10.3. The van der Waals surface area contributed by atoms with Crippen molar-refractivity contribution in [3.63, 3.8) is 0 Å². The van der Waals surface area contributed by atoms with Crippen LogP contribution in [0.25, 0.3) is 11.1 Å². The molecule has 0 aliphatic carbocycles. The summed E-state index contributed by atoms with van der Waals surface area (Å²) in [5, 5.41) is 0. The van der Waals surface area contributed by atoms with Crippen LogP contribution in [0.5, 0.6) is 0 Å². The average Bonchev–Trinajstić information content (AvgIpc) is 3.28. The third-order valence-corrected chi connectivity index (χ3v) is 5.96. The molecule has 1 heteroatoms. The van der Waals surface area contributed by atoms with Crippen LogP contribution in [0.4, 0.5) is 0 Å². The van der Waals surface area contributed by atoms with E-state index in [9.17, 15) is 0 Å². The predicted molar refractivity (Wildman–Crippen MR) is 119 cm³/mol. The Morgan fingerprint density at radius 1 is 0.621 bits per heavy atom. The monoisotopic (exact) mass is 376 g/mol. The van der Waals surface area contributed by atoms with Crippen molar-refractivity contribution >= 4 is 0 Å². The van der Waals surface area contributed by atoms with E-state index in [-0.39, 0.29) is 6.10 Å². The molecule has 0 aromatic heterocycles. The van der Waals surface area contributed by atoms with E-state index in [1.807, 2.05) is 0 Å². The number of rotatable bonds is 4. The van der Waals surface area contributed by atoms with Crippen LogP contribution in [0, 0.1) is 0 Å². The molecule has 29 heavy (non-hydrogen) atoms. The highest BCUT2D eigenvalue weighted by Gasteiger charge is 2.44. The van der Waals surface area contributed by atoms with E-state index in [1.165, 1.54) is 27.8 Å². The van der Waals surface area contributed by atoms with Crippen molar-refractivity contribution in [2.75, 3.05) is 0 Å². The van der Waals surface area contributed by atoms with E-state index < -0.39 is 5.60 Å². The van der Waals surface area contributed by atoms with Crippen molar-refractivity contribution in [1.82, 2.24) is 0 Å². The second-order valence-electron chi connectivity index (χ2n) is 7.66. The summed E-state index contributed by atoms with van der Waals surface area (Å²) in [6, 6.07) is 40.6. The van der Waals surface area contributed by atoms with E-state index in [4.69, 9.17) is 4.74 Å². The third-order valence-electron chi connectivity index (χ3n) is 5.96. The van der Waals surface area contributed by atoms with E-state index in [0.29, 0.717) is 0 Å². The maximum Gasteiger partial charge on any atom is 0.120 e. The maximum atomic E-state index is 6.97. The Kier molecular flexibility index (Phi) is 4.75. The fourth-order valence-corrected chi connectivity index (χ4v) is 4.58. The normalized spacial score (nSPS) is 21.2. The van der Waals surface area contributed by atoms with E-state index >= 15 is 0 Å². The Morgan fingerprint density at radius 3 is 1.93 bits per heavy atom. The van der Waals surface area contributed by atoms with Gasteiger partial charge in [0.1, 0.15) is 5.60 Å². The van der Waals surface area contributed by atoms with Gasteiger partial charge in [-0.15, -0.1) is 0 Å². The molecule has 2 unspecified atom stereocenters. The molecule has 1 nitrogen and oxygen atoms in total. The molecule has 1 aliphatic heterocycles. The van der Waals surface area contributed by atoms with E-state index in [2.05, 4.69) is 115 Å². The molecule has 4 aromatic carbocycles. The van der Waals surface area contributed by atoms with Gasteiger partial charge < -0.3 is 4.74 Å².